The summed E-state index contributed by atoms with van der Waals surface area (Å²) >= 11 is 0. The molecule has 2 aromatic heterocycles. The second kappa shape index (κ2) is 18.3. The van der Waals surface area contributed by atoms with E-state index in [2.05, 4.69) is 320 Å². The molecule has 0 fully saturated rings. The molecule has 1 aliphatic carbocycles. The standard InChI is InChI=1S/C78H52B2N6/c1-7-25-51(26-8-1)81(52-27-9-2-10-28-52)57-45-65-63-41-23-39-61-59-37-19-21-43-69(59)85(77(61)63)79-67-49-68-72(50-71(67)83(73(47-57)75(65)79)55-33-15-5-16-34-55)84(56-35-17-6-18-36-56)74-48-58(82(53-29-11-3-12-30-53)54-31-13-4-14-32-54)46-66-64-42-24-40-62-60-38-20-22-44-70(60)86(78(62)64)80(68)76(66)74/h1-19,21-37,39-50H,20,38H2. The first-order valence-electron chi connectivity index (χ1n) is 30.1. The van der Waals surface area contributed by atoms with Crippen LogP contribution in [0, 0.1) is 0 Å². The average Bonchev–Trinajstić information content (AvgIpc) is 1.30. The third-order valence-corrected chi connectivity index (χ3v) is 19.0. The number of fused-ring (bicyclic) bond motifs is 14. The van der Waals surface area contributed by atoms with E-state index in [0.29, 0.717) is 0 Å². The Labute approximate surface area is 499 Å². The zero-order valence-electron chi connectivity index (χ0n) is 47.0. The van der Waals surface area contributed by atoms with E-state index in [0.717, 1.165) is 75.4 Å². The van der Waals surface area contributed by atoms with Crippen molar-refractivity contribution in [2.24, 2.45) is 0 Å². The Morgan fingerprint density at radius 1 is 0.326 bits per heavy atom. The quantitative estimate of drug-likeness (QED) is 0.141. The number of rotatable bonds is 8. The Bertz CT molecular complexity index is 5060. The molecule has 86 heavy (non-hydrogen) atoms. The number of hydrogen-bond donors (Lipinski definition) is 0. The van der Waals surface area contributed by atoms with Crippen LogP contribution in [0.15, 0.2) is 285 Å². The van der Waals surface area contributed by atoms with Crippen LogP contribution in [-0.4, -0.2) is 22.7 Å². The van der Waals surface area contributed by atoms with E-state index >= 15 is 0 Å². The summed E-state index contributed by atoms with van der Waals surface area (Å²) in [5.74, 6) is 0. The summed E-state index contributed by atoms with van der Waals surface area (Å²) in [7, 11) is 0. The summed E-state index contributed by atoms with van der Waals surface area (Å²) < 4.78 is 5.47. The van der Waals surface area contributed by atoms with Crippen molar-refractivity contribution >= 4 is 143 Å². The van der Waals surface area contributed by atoms with Gasteiger partial charge in [0.2, 0.25) is 0 Å². The highest BCUT2D eigenvalue weighted by Crippen LogP contribution is 2.53. The Morgan fingerprint density at radius 2 is 0.756 bits per heavy atom. The molecule has 0 saturated carbocycles. The van der Waals surface area contributed by atoms with Crippen LogP contribution < -0.4 is 41.5 Å². The number of para-hydroxylation sites is 9. The van der Waals surface area contributed by atoms with E-state index in [-0.39, 0.29) is 13.7 Å². The van der Waals surface area contributed by atoms with Gasteiger partial charge in [0.05, 0.1) is 0 Å². The highest BCUT2D eigenvalue weighted by Gasteiger charge is 2.49. The fraction of sp³-hybridized carbons (Fsp3) is 0.0256. The Morgan fingerprint density at radius 3 is 1.27 bits per heavy atom. The molecule has 14 aromatic rings. The van der Waals surface area contributed by atoms with Gasteiger partial charge >= 0.3 is 13.7 Å². The molecule has 0 spiro atoms. The first kappa shape index (κ1) is 47.5. The van der Waals surface area contributed by atoms with Gasteiger partial charge in [-0.15, -0.1) is 0 Å². The van der Waals surface area contributed by atoms with Crippen LogP contribution in [0.3, 0.4) is 0 Å². The van der Waals surface area contributed by atoms with Crippen LogP contribution >= 0.6 is 0 Å². The van der Waals surface area contributed by atoms with E-state index in [9.17, 15) is 0 Å². The predicted molar refractivity (Wildman–Crippen MR) is 363 cm³/mol. The molecule has 6 heterocycles. The molecule has 19 rings (SSSR count). The zero-order chi connectivity index (χ0) is 56.1. The lowest BCUT2D eigenvalue weighted by Crippen LogP contribution is -2.61. The lowest BCUT2D eigenvalue weighted by atomic mass is 9.41. The van der Waals surface area contributed by atoms with Gasteiger partial charge in [0.1, 0.15) is 0 Å². The highest BCUT2D eigenvalue weighted by atomic mass is 15.2. The van der Waals surface area contributed by atoms with Gasteiger partial charge in [-0.05, 0) is 167 Å². The van der Waals surface area contributed by atoms with Crippen molar-refractivity contribution in [2.45, 2.75) is 12.8 Å². The topological polar surface area (TPSA) is 22.8 Å². The summed E-state index contributed by atoms with van der Waals surface area (Å²) in [4.78, 5) is 10.1. The number of aryl methyl sites for hydroxylation is 1. The van der Waals surface area contributed by atoms with E-state index < -0.39 is 0 Å². The SMILES string of the molecule is C1=Cc2c(c3cccc4c3n2B2c3cc5c(cc3N(c3ccccc3)c3cc(N(c6ccccc6)c6ccccc6)cc-4c32)N(c2ccccc2)c2cc(N(c3ccccc3)c3ccccc3)cc3c2B5n2c4ccccc4c4cccc-3c42)CC1. The second-order valence-corrected chi connectivity index (χ2v) is 23.4. The summed E-state index contributed by atoms with van der Waals surface area (Å²) in [6, 6.07) is 104. The van der Waals surface area contributed by atoms with E-state index in [4.69, 9.17) is 0 Å². The molecule has 0 radical (unpaired) electrons. The summed E-state index contributed by atoms with van der Waals surface area (Å²) in [5, 5.41) is 3.88. The molecule has 8 heteroatoms. The van der Waals surface area contributed by atoms with Crippen LogP contribution in [0.2, 0.25) is 0 Å². The smallest absolute Gasteiger partial charge is 0.333 e. The third kappa shape index (κ3) is 6.64. The highest BCUT2D eigenvalue weighted by molar-refractivity contribution is 6.93. The van der Waals surface area contributed by atoms with Crippen LogP contribution in [0.5, 0.6) is 0 Å². The predicted octanol–water partition coefficient (Wildman–Crippen LogP) is 17.5. The van der Waals surface area contributed by atoms with Gasteiger partial charge in [-0.2, -0.15) is 0 Å². The molecule has 0 unspecified atom stereocenters. The van der Waals surface area contributed by atoms with Gasteiger partial charge in [-0.25, -0.2) is 0 Å². The summed E-state index contributed by atoms with van der Waals surface area (Å²) in [5.41, 5.74) is 30.2. The fourth-order valence-electron chi connectivity index (χ4n) is 15.7. The molecule has 0 saturated heterocycles. The molecule has 12 aromatic carbocycles. The maximum absolute atomic E-state index is 2.76. The van der Waals surface area contributed by atoms with Crippen LogP contribution in [-0.2, 0) is 6.42 Å². The molecular formula is C78H52B2N6. The van der Waals surface area contributed by atoms with Crippen molar-refractivity contribution in [1.82, 2.24) is 8.96 Å². The molecule has 400 valence electrons. The van der Waals surface area contributed by atoms with Crippen molar-refractivity contribution in [3.8, 4) is 22.3 Å². The van der Waals surface area contributed by atoms with Gasteiger partial charge in [0, 0.05) is 118 Å². The molecule has 0 amide bonds. The van der Waals surface area contributed by atoms with Gasteiger partial charge in [0.15, 0.2) is 0 Å². The minimum atomic E-state index is -0.193. The van der Waals surface area contributed by atoms with Crippen LogP contribution in [0.1, 0.15) is 17.7 Å². The van der Waals surface area contributed by atoms with Gasteiger partial charge in [-0.3, -0.25) is 0 Å². The van der Waals surface area contributed by atoms with Gasteiger partial charge in [0.25, 0.3) is 0 Å². The number of allylic oxidation sites excluding steroid dienone is 1. The Kier molecular flexibility index (Phi) is 10.1. The minimum Gasteiger partial charge on any atom is -0.376 e. The zero-order valence-corrected chi connectivity index (χ0v) is 47.0. The average molecular weight is 1090 g/mol. The maximum Gasteiger partial charge on any atom is 0.333 e. The van der Waals surface area contributed by atoms with Crippen molar-refractivity contribution in [3.63, 3.8) is 0 Å². The lowest BCUT2D eigenvalue weighted by Gasteiger charge is -2.45. The van der Waals surface area contributed by atoms with Crippen molar-refractivity contribution in [2.75, 3.05) is 19.6 Å². The van der Waals surface area contributed by atoms with Gasteiger partial charge < -0.3 is 28.6 Å². The fourth-order valence-corrected chi connectivity index (χ4v) is 15.7. The molecular weight excluding hydrogens is 1040 g/mol. The Balaban J connectivity index is 0.965. The largest absolute Gasteiger partial charge is 0.376 e. The van der Waals surface area contributed by atoms with Crippen LogP contribution in [0.25, 0.3) is 61.0 Å². The van der Waals surface area contributed by atoms with E-state index in [1.54, 1.807) is 0 Å². The monoisotopic (exact) mass is 1090 g/mol. The maximum atomic E-state index is 2.76. The van der Waals surface area contributed by atoms with Crippen molar-refractivity contribution in [3.05, 3.63) is 296 Å². The van der Waals surface area contributed by atoms with Gasteiger partial charge in [-0.1, -0.05) is 176 Å². The Hall–Kier alpha value is -11.0. The van der Waals surface area contributed by atoms with Crippen molar-refractivity contribution < 1.29 is 0 Å². The molecule has 0 atom stereocenters. The first-order valence-corrected chi connectivity index (χ1v) is 30.1. The number of benzene rings is 12. The molecule has 0 bridgehead atoms. The number of hydrogen-bond acceptors (Lipinski definition) is 4. The molecule has 4 aliphatic heterocycles. The van der Waals surface area contributed by atoms with E-state index in [1.165, 1.54) is 93.8 Å². The summed E-state index contributed by atoms with van der Waals surface area (Å²) in [6.45, 7) is -0.363. The lowest BCUT2D eigenvalue weighted by molar-refractivity contribution is 0.983. The van der Waals surface area contributed by atoms with Crippen molar-refractivity contribution in [1.29, 1.82) is 0 Å². The first-order chi connectivity index (χ1) is 42.7. The molecule has 0 N–H and O–H groups in total. The van der Waals surface area contributed by atoms with E-state index in [1.807, 2.05) is 0 Å². The normalized spacial score (nSPS) is 13.6. The third-order valence-electron chi connectivity index (χ3n) is 19.0. The number of anilines is 12. The van der Waals surface area contributed by atoms with Crippen LogP contribution in [0.4, 0.5) is 68.2 Å². The minimum absolute atomic E-state index is 0.170. The second-order valence-electron chi connectivity index (χ2n) is 23.4. The number of aromatic nitrogens is 2. The number of nitrogens with zero attached hydrogens (tertiary/aromatic N) is 6. The molecule has 6 nitrogen and oxygen atoms in total. The summed E-state index contributed by atoms with van der Waals surface area (Å²) in [6.07, 6.45) is 6.86. The molecule has 5 aliphatic rings.